The molecule has 0 bridgehead atoms. The highest BCUT2D eigenvalue weighted by molar-refractivity contribution is 5.11. The van der Waals surface area contributed by atoms with Crippen LogP contribution in [0.2, 0.25) is 0 Å². The molecular weight excluding hydrogens is 302 g/mol. The molecule has 0 unspecified atom stereocenters. The molecule has 0 saturated heterocycles. The van der Waals surface area contributed by atoms with Gasteiger partial charge in [-0.25, -0.2) is 0 Å². The molecule has 1 nitrogen and oxygen atoms in total. The fourth-order valence-corrected chi connectivity index (χ4v) is 5.18. The Kier molecular flexibility index (Phi) is 10.0. The first kappa shape index (κ1) is 20.3. The first-order valence-corrected chi connectivity index (χ1v) is 11.0. The van der Waals surface area contributed by atoms with Crippen LogP contribution in [0.3, 0.4) is 0 Å². The average molecular weight is 342 g/mol. The Labute approximate surface area is 156 Å². The van der Waals surface area contributed by atoms with Gasteiger partial charge in [-0.1, -0.05) is 76.5 Å². The highest BCUT2D eigenvalue weighted by atomic mass is 14.4. The first-order chi connectivity index (χ1) is 12.3. The molecule has 0 spiro atoms. The van der Waals surface area contributed by atoms with Crippen molar-refractivity contribution >= 4 is 0 Å². The van der Waals surface area contributed by atoms with Gasteiger partial charge in [0.05, 0.1) is 6.07 Å². The molecule has 0 N–H and O–H groups in total. The van der Waals surface area contributed by atoms with Gasteiger partial charge in [0.1, 0.15) is 0 Å². The highest BCUT2D eigenvalue weighted by Gasteiger charge is 2.30. The summed E-state index contributed by atoms with van der Waals surface area (Å²) in [5.74, 6) is 4.11. The number of hydrogen-bond donors (Lipinski definition) is 0. The third kappa shape index (κ3) is 7.81. The number of unbranched alkanes of at least 4 members (excludes halogenated alkanes) is 2. The fraction of sp³-hybridized carbons (Fsp3) is 0.792. The smallest absolute Gasteiger partial charge is 0.0912 e. The molecule has 25 heavy (non-hydrogen) atoms. The zero-order chi connectivity index (χ0) is 17.7. The van der Waals surface area contributed by atoms with Crippen molar-refractivity contribution in [3.05, 3.63) is 24.3 Å². The molecule has 0 aromatic rings. The molecule has 0 heterocycles. The van der Waals surface area contributed by atoms with Crippen LogP contribution in [0.5, 0.6) is 0 Å². The summed E-state index contributed by atoms with van der Waals surface area (Å²) in [5, 5.41) is 8.45. The predicted molar refractivity (Wildman–Crippen MR) is 108 cm³/mol. The zero-order valence-electron chi connectivity index (χ0n) is 16.5. The maximum atomic E-state index is 8.45. The van der Waals surface area contributed by atoms with Gasteiger partial charge in [-0.2, -0.15) is 5.26 Å². The second kappa shape index (κ2) is 12.3. The SMILES string of the molecule is CCCCCC1CCC(C2CCC(CC/C=C/C=C/C#N)CC2)CC1. The van der Waals surface area contributed by atoms with Crippen LogP contribution < -0.4 is 0 Å². The van der Waals surface area contributed by atoms with Gasteiger partial charge >= 0.3 is 0 Å². The number of rotatable bonds is 9. The van der Waals surface area contributed by atoms with Crippen LogP contribution in [0.4, 0.5) is 0 Å². The number of allylic oxidation sites excluding steroid dienone is 4. The van der Waals surface area contributed by atoms with Crippen LogP contribution in [0, 0.1) is 35.0 Å². The lowest BCUT2D eigenvalue weighted by Crippen LogP contribution is -2.25. The fourth-order valence-electron chi connectivity index (χ4n) is 5.18. The largest absolute Gasteiger partial charge is 0.193 e. The van der Waals surface area contributed by atoms with Gasteiger partial charge in [0.2, 0.25) is 0 Å². The molecule has 140 valence electrons. The standard InChI is InChI=1S/C24H39N/c1-2-3-7-10-21-12-16-23(17-13-21)24-18-14-22(15-19-24)11-8-5-4-6-9-20-25/h4-6,9,21-24H,2-3,7-8,10-19H2,1H3/b5-4+,9-6+. The number of nitriles is 1. The van der Waals surface area contributed by atoms with E-state index in [2.05, 4.69) is 13.0 Å². The van der Waals surface area contributed by atoms with Gasteiger partial charge in [0, 0.05) is 6.08 Å². The van der Waals surface area contributed by atoms with Crippen molar-refractivity contribution in [2.24, 2.45) is 23.7 Å². The quantitative estimate of drug-likeness (QED) is 0.241. The van der Waals surface area contributed by atoms with Gasteiger partial charge in [-0.3, -0.25) is 0 Å². The Morgan fingerprint density at radius 1 is 0.800 bits per heavy atom. The molecule has 2 saturated carbocycles. The van der Waals surface area contributed by atoms with Crippen molar-refractivity contribution in [2.75, 3.05) is 0 Å². The summed E-state index contributed by atoms with van der Waals surface area (Å²) in [5.41, 5.74) is 0. The van der Waals surface area contributed by atoms with Crippen molar-refractivity contribution in [3.63, 3.8) is 0 Å². The van der Waals surface area contributed by atoms with Gasteiger partial charge < -0.3 is 0 Å². The summed E-state index contributed by atoms with van der Waals surface area (Å²) in [6.07, 6.45) is 27.9. The van der Waals surface area contributed by atoms with Gasteiger partial charge in [0.15, 0.2) is 0 Å². The molecule has 2 rings (SSSR count). The van der Waals surface area contributed by atoms with E-state index in [-0.39, 0.29) is 0 Å². The normalized spacial score (nSPS) is 30.7. The molecule has 0 atom stereocenters. The molecule has 2 fully saturated rings. The highest BCUT2D eigenvalue weighted by Crippen LogP contribution is 2.43. The predicted octanol–water partition coefficient (Wildman–Crippen LogP) is 7.60. The van der Waals surface area contributed by atoms with E-state index in [1.165, 1.54) is 89.9 Å². The lowest BCUT2D eigenvalue weighted by molar-refractivity contribution is 0.140. The van der Waals surface area contributed by atoms with Crippen LogP contribution in [0.1, 0.15) is 96.8 Å². The minimum absolute atomic E-state index is 0.950. The van der Waals surface area contributed by atoms with E-state index in [0.717, 1.165) is 23.7 Å². The minimum atomic E-state index is 0.950. The molecule has 0 aromatic heterocycles. The molecule has 2 aliphatic rings. The maximum absolute atomic E-state index is 8.45. The van der Waals surface area contributed by atoms with Crippen LogP contribution in [0.25, 0.3) is 0 Å². The summed E-state index contributed by atoms with van der Waals surface area (Å²) in [6, 6.07) is 2.03. The van der Waals surface area contributed by atoms with Crippen molar-refractivity contribution in [3.8, 4) is 6.07 Å². The second-order valence-electron chi connectivity index (χ2n) is 8.55. The second-order valence-corrected chi connectivity index (χ2v) is 8.55. The summed E-state index contributed by atoms with van der Waals surface area (Å²) < 4.78 is 0. The van der Waals surface area contributed by atoms with E-state index in [9.17, 15) is 0 Å². The first-order valence-electron chi connectivity index (χ1n) is 11.0. The van der Waals surface area contributed by atoms with Gasteiger partial charge in [-0.15, -0.1) is 0 Å². The summed E-state index contributed by atoms with van der Waals surface area (Å²) in [7, 11) is 0. The Bertz CT molecular complexity index is 426. The molecule has 0 radical (unpaired) electrons. The van der Waals surface area contributed by atoms with Crippen LogP contribution >= 0.6 is 0 Å². The lowest BCUT2D eigenvalue weighted by atomic mass is 9.68. The topological polar surface area (TPSA) is 23.8 Å². The minimum Gasteiger partial charge on any atom is -0.193 e. The van der Waals surface area contributed by atoms with E-state index in [0.29, 0.717) is 0 Å². The Morgan fingerprint density at radius 2 is 1.40 bits per heavy atom. The third-order valence-electron chi connectivity index (χ3n) is 6.82. The number of hydrogen-bond acceptors (Lipinski definition) is 1. The Morgan fingerprint density at radius 3 is 1.96 bits per heavy atom. The van der Waals surface area contributed by atoms with E-state index >= 15 is 0 Å². The molecular formula is C24H39N. The van der Waals surface area contributed by atoms with E-state index in [4.69, 9.17) is 5.26 Å². The van der Waals surface area contributed by atoms with E-state index < -0.39 is 0 Å². The monoisotopic (exact) mass is 341 g/mol. The van der Waals surface area contributed by atoms with Crippen LogP contribution in [-0.2, 0) is 0 Å². The zero-order valence-corrected chi connectivity index (χ0v) is 16.5. The summed E-state index contributed by atoms with van der Waals surface area (Å²) in [6.45, 7) is 2.31. The molecule has 0 aromatic carbocycles. The van der Waals surface area contributed by atoms with E-state index in [1.807, 2.05) is 18.2 Å². The van der Waals surface area contributed by atoms with Crippen molar-refractivity contribution in [2.45, 2.75) is 96.8 Å². The van der Waals surface area contributed by atoms with E-state index in [1.54, 1.807) is 6.08 Å². The van der Waals surface area contributed by atoms with Crippen LogP contribution in [0.15, 0.2) is 24.3 Å². The Hall–Kier alpha value is -1.03. The van der Waals surface area contributed by atoms with Crippen molar-refractivity contribution in [1.29, 1.82) is 5.26 Å². The molecule has 0 amide bonds. The summed E-state index contributed by atoms with van der Waals surface area (Å²) >= 11 is 0. The molecule has 1 heteroatoms. The Balaban J connectivity index is 1.57. The van der Waals surface area contributed by atoms with Gasteiger partial charge in [0.25, 0.3) is 0 Å². The maximum Gasteiger partial charge on any atom is 0.0912 e. The third-order valence-corrected chi connectivity index (χ3v) is 6.82. The lowest BCUT2D eigenvalue weighted by Gasteiger charge is -2.38. The van der Waals surface area contributed by atoms with Gasteiger partial charge in [-0.05, 0) is 62.2 Å². The summed E-state index contributed by atoms with van der Waals surface area (Å²) in [4.78, 5) is 0. The molecule has 0 aliphatic heterocycles. The average Bonchev–Trinajstić information content (AvgIpc) is 2.66. The van der Waals surface area contributed by atoms with Crippen molar-refractivity contribution in [1.82, 2.24) is 0 Å². The van der Waals surface area contributed by atoms with Crippen molar-refractivity contribution < 1.29 is 0 Å². The van der Waals surface area contributed by atoms with Crippen LogP contribution in [-0.4, -0.2) is 0 Å². The molecule has 2 aliphatic carbocycles. The number of nitrogens with zero attached hydrogens (tertiary/aromatic N) is 1.